The zero-order valence-corrected chi connectivity index (χ0v) is 10.9. The average molecular weight is 267 g/mol. The van der Waals surface area contributed by atoms with Crippen LogP contribution in [0.1, 0.15) is 27.2 Å². The van der Waals surface area contributed by atoms with Gasteiger partial charge in [0.1, 0.15) is 0 Å². The normalized spacial score (nSPS) is 10.9. The molecule has 0 bridgehead atoms. The molecule has 0 atom stereocenters. The molecule has 0 aliphatic carbocycles. The number of aromatic amines is 1. The van der Waals surface area contributed by atoms with Gasteiger partial charge in [0.05, 0.1) is 29.6 Å². The highest BCUT2D eigenvalue weighted by Gasteiger charge is 2.18. The first kappa shape index (κ1) is 12.5. The van der Waals surface area contributed by atoms with Crippen LogP contribution in [0.15, 0.2) is 36.7 Å². The molecule has 3 rings (SSSR count). The second-order valence-corrected chi connectivity index (χ2v) is 4.58. The summed E-state index contributed by atoms with van der Waals surface area (Å²) in [7, 11) is 0. The van der Waals surface area contributed by atoms with Crippen LogP contribution in [0.3, 0.4) is 0 Å². The van der Waals surface area contributed by atoms with Crippen LogP contribution in [0.4, 0.5) is 0 Å². The Morgan fingerprint density at radius 1 is 1.30 bits per heavy atom. The maximum atomic E-state index is 12.6. The van der Waals surface area contributed by atoms with E-state index in [2.05, 4.69) is 15.2 Å². The number of ketones is 1. The van der Waals surface area contributed by atoms with Gasteiger partial charge in [0.25, 0.3) is 0 Å². The third kappa shape index (κ3) is 1.88. The molecule has 2 aromatic heterocycles. The van der Waals surface area contributed by atoms with E-state index in [9.17, 15) is 9.90 Å². The van der Waals surface area contributed by atoms with Crippen LogP contribution in [0.2, 0.25) is 0 Å². The van der Waals surface area contributed by atoms with Crippen molar-refractivity contribution >= 4 is 16.7 Å². The van der Waals surface area contributed by atoms with Gasteiger partial charge in [0.2, 0.25) is 0 Å². The minimum Gasteiger partial charge on any atom is -0.390 e. The lowest BCUT2D eigenvalue weighted by Crippen LogP contribution is -2.05. The molecule has 100 valence electrons. The van der Waals surface area contributed by atoms with Gasteiger partial charge in [-0.2, -0.15) is 5.10 Å². The first-order valence-corrected chi connectivity index (χ1v) is 6.24. The Morgan fingerprint density at radius 2 is 2.15 bits per heavy atom. The highest BCUT2D eigenvalue weighted by molar-refractivity contribution is 6.16. The molecule has 20 heavy (non-hydrogen) atoms. The molecule has 3 aromatic rings. The molecule has 5 heteroatoms. The Balaban J connectivity index is 2.20. The number of aliphatic hydroxyl groups excluding tert-OH is 1. The lowest BCUT2D eigenvalue weighted by Gasteiger charge is -2.07. The number of rotatable bonds is 3. The first-order chi connectivity index (χ1) is 9.72. The van der Waals surface area contributed by atoms with Crippen LogP contribution in [-0.2, 0) is 6.61 Å². The fraction of sp³-hybridized carbons (Fsp3) is 0.133. The fourth-order valence-corrected chi connectivity index (χ4v) is 2.29. The topological polar surface area (TPSA) is 78.9 Å². The maximum Gasteiger partial charge on any atom is 0.197 e. The number of benzene rings is 1. The SMILES string of the molecule is Cc1ccc(C(=O)c2cn[nH]c2CO)c2cccnc12. The minimum atomic E-state index is -0.247. The molecule has 0 radical (unpaired) electrons. The van der Waals surface area contributed by atoms with Gasteiger partial charge in [-0.15, -0.1) is 0 Å². The van der Waals surface area contributed by atoms with E-state index >= 15 is 0 Å². The van der Waals surface area contributed by atoms with Crippen molar-refractivity contribution in [3.8, 4) is 0 Å². The van der Waals surface area contributed by atoms with Crippen LogP contribution in [0, 0.1) is 6.92 Å². The quantitative estimate of drug-likeness (QED) is 0.711. The van der Waals surface area contributed by atoms with Gasteiger partial charge < -0.3 is 5.11 Å². The number of aryl methyl sites for hydroxylation is 1. The van der Waals surface area contributed by atoms with Gasteiger partial charge in [-0.1, -0.05) is 18.2 Å². The molecule has 0 unspecified atom stereocenters. The molecule has 0 aliphatic heterocycles. The Kier molecular flexibility index (Phi) is 3.04. The van der Waals surface area contributed by atoms with E-state index in [4.69, 9.17) is 0 Å². The summed E-state index contributed by atoms with van der Waals surface area (Å²) in [5.41, 5.74) is 3.21. The van der Waals surface area contributed by atoms with E-state index in [-0.39, 0.29) is 12.4 Å². The number of carbonyl (C=O) groups is 1. The van der Waals surface area contributed by atoms with Gasteiger partial charge in [0, 0.05) is 17.1 Å². The smallest absolute Gasteiger partial charge is 0.197 e. The van der Waals surface area contributed by atoms with Gasteiger partial charge in [0.15, 0.2) is 5.78 Å². The van der Waals surface area contributed by atoms with E-state index in [1.807, 2.05) is 19.1 Å². The zero-order valence-electron chi connectivity index (χ0n) is 10.9. The number of H-pyrrole nitrogens is 1. The van der Waals surface area contributed by atoms with Crippen LogP contribution >= 0.6 is 0 Å². The van der Waals surface area contributed by atoms with Crippen molar-refractivity contribution in [1.82, 2.24) is 15.2 Å². The highest BCUT2D eigenvalue weighted by atomic mass is 16.3. The molecule has 0 aliphatic rings. The molecule has 0 fully saturated rings. The molecular formula is C15H13N3O2. The van der Waals surface area contributed by atoms with Crippen LogP contribution in [0.25, 0.3) is 10.9 Å². The van der Waals surface area contributed by atoms with E-state index in [0.29, 0.717) is 16.8 Å². The van der Waals surface area contributed by atoms with E-state index < -0.39 is 0 Å². The summed E-state index contributed by atoms with van der Waals surface area (Å²) < 4.78 is 0. The number of hydrogen-bond acceptors (Lipinski definition) is 4. The van der Waals surface area contributed by atoms with Crippen molar-refractivity contribution in [3.05, 3.63) is 59.0 Å². The summed E-state index contributed by atoms with van der Waals surface area (Å²) in [6, 6.07) is 7.35. The summed E-state index contributed by atoms with van der Waals surface area (Å²) in [5.74, 6) is -0.166. The van der Waals surface area contributed by atoms with Crippen molar-refractivity contribution in [2.45, 2.75) is 13.5 Å². The fourth-order valence-electron chi connectivity index (χ4n) is 2.29. The van der Waals surface area contributed by atoms with Crippen LogP contribution in [-0.4, -0.2) is 26.1 Å². The predicted molar refractivity (Wildman–Crippen MR) is 74.4 cm³/mol. The Hall–Kier alpha value is -2.53. The predicted octanol–water partition coefficient (Wildman–Crippen LogP) is 1.99. The summed E-state index contributed by atoms with van der Waals surface area (Å²) in [4.78, 5) is 16.9. The molecule has 0 saturated carbocycles. The Morgan fingerprint density at radius 3 is 2.95 bits per heavy atom. The third-order valence-electron chi connectivity index (χ3n) is 3.34. The third-order valence-corrected chi connectivity index (χ3v) is 3.34. The summed E-state index contributed by atoms with van der Waals surface area (Å²) in [6.45, 7) is 1.71. The highest BCUT2D eigenvalue weighted by Crippen LogP contribution is 2.23. The van der Waals surface area contributed by atoms with Crippen molar-refractivity contribution < 1.29 is 9.90 Å². The number of nitrogens with one attached hydrogen (secondary N) is 1. The number of pyridine rings is 1. The van der Waals surface area contributed by atoms with Crippen molar-refractivity contribution in [1.29, 1.82) is 0 Å². The lowest BCUT2D eigenvalue weighted by atomic mass is 9.97. The van der Waals surface area contributed by atoms with E-state index in [0.717, 1.165) is 16.5 Å². The molecule has 0 spiro atoms. The number of aromatic nitrogens is 3. The molecule has 2 N–H and O–H groups in total. The monoisotopic (exact) mass is 267 g/mol. The largest absolute Gasteiger partial charge is 0.390 e. The lowest BCUT2D eigenvalue weighted by molar-refractivity contribution is 0.103. The van der Waals surface area contributed by atoms with Crippen molar-refractivity contribution in [2.75, 3.05) is 0 Å². The summed E-state index contributed by atoms with van der Waals surface area (Å²) >= 11 is 0. The number of nitrogens with zero attached hydrogens (tertiary/aromatic N) is 2. The molecule has 2 heterocycles. The number of fused-ring (bicyclic) bond motifs is 1. The maximum absolute atomic E-state index is 12.6. The second kappa shape index (κ2) is 4.86. The number of hydrogen-bond donors (Lipinski definition) is 2. The van der Waals surface area contributed by atoms with Crippen LogP contribution in [0.5, 0.6) is 0 Å². The molecule has 0 saturated heterocycles. The van der Waals surface area contributed by atoms with Gasteiger partial charge >= 0.3 is 0 Å². The summed E-state index contributed by atoms with van der Waals surface area (Å²) in [5, 5.41) is 16.5. The van der Waals surface area contributed by atoms with Crippen molar-refractivity contribution in [3.63, 3.8) is 0 Å². The molecule has 1 aromatic carbocycles. The average Bonchev–Trinajstić information content (AvgIpc) is 2.96. The number of aliphatic hydroxyl groups is 1. The van der Waals surface area contributed by atoms with E-state index in [1.54, 1.807) is 18.3 Å². The standard InChI is InChI=1S/C15H13N3O2/c1-9-4-5-11(10-3-2-6-16-14(9)10)15(20)12-7-17-18-13(12)8-19/h2-7,19H,8H2,1H3,(H,17,18). The molecule has 0 amide bonds. The van der Waals surface area contributed by atoms with Crippen LogP contribution < -0.4 is 0 Å². The van der Waals surface area contributed by atoms with Crippen molar-refractivity contribution in [2.24, 2.45) is 0 Å². The molecule has 5 nitrogen and oxygen atoms in total. The zero-order chi connectivity index (χ0) is 14.1. The Labute approximate surface area is 115 Å². The molecular weight excluding hydrogens is 254 g/mol. The second-order valence-electron chi connectivity index (χ2n) is 4.58. The first-order valence-electron chi connectivity index (χ1n) is 6.24. The number of carbonyl (C=O) groups excluding carboxylic acids is 1. The van der Waals surface area contributed by atoms with Gasteiger partial charge in [-0.3, -0.25) is 14.9 Å². The van der Waals surface area contributed by atoms with Gasteiger partial charge in [-0.05, 0) is 18.6 Å². The summed E-state index contributed by atoms with van der Waals surface area (Å²) in [6.07, 6.45) is 3.15. The van der Waals surface area contributed by atoms with Gasteiger partial charge in [-0.25, -0.2) is 0 Å². The minimum absolute atomic E-state index is 0.166. The van der Waals surface area contributed by atoms with E-state index in [1.165, 1.54) is 6.20 Å². The Bertz CT molecular complexity index is 793.